The number of fused-ring (bicyclic) bond motifs is 1. The fraction of sp³-hybridized carbons (Fsp3) is 0.240. The van der Waals surface area contributed by atoms with Gasteiger partial charge in [0.1, 0.15) is 12.4 Å². The SMILES string of the molecule is CC[C@@H](c1ccc(F)cc1)[C@H](NC(=O)OCc1ccccc1)c1cn2ncc(CO)cc2n1. The summed E-state index contributed by atoms with van der Waals surface area (Å²) in [4.78, 5) is 17.4. The van der Waals surface area contributed by atoms with Crippen molar-refractivity contribution in [2.75, 3.05) is 0 Å². The topological polar surface area (TPSA) is 88.8 Å². The van der Waals surface area contributed by atoms with Crippen LogP contribution in [0.1, 0.15) is 47.7 Å². The van der Waals surface area contributed by atoms with Gasteiger partial charge in [0.25, 0.3) is 0 Å². The number of aliphatic hydroxyl groups is 1. The minimum absolute atomic E-state index is 0.138. The number of aromatic nitrogens is 3. The number of alkyl carbamates (subject to hydrolysis) is 1. The minimum Gasteiger partial charge on any atom is -0.445 e. The van der Waals surface area contributed by atoms with E-state index < -0.39 is 12.1 Å². The second kappa shape index (κ2) is 10.2. The zero-order valence-corrected chi connectivity index (χ0v) is 18.2. The normalized spacial score (nSPS) is 12.9. The number of aliphatic hydroxyl groups excluding tert-OH is 1. The molecule has 4 aromatic rings. The van der Waals surface area contributed by atoms with Crippen molar-refractivity contribution in [3.63, 3.8) is 0 Å². The number of hydrogen-bond donors (Lipinski definition) is 2. The number of amides is 1. The summed E-state index contributed by atoms with van der Waals surface area (Å²) in [5.41, 5.74) is 3.52. The second-order valence-corrected chi connectivity index (χ2v) is 7.74. The number of ether oxygens (including phenoxy) is 1. The molecule has 170 valence electrons. The standard InChI is InChI=1S/C25H25FN4O3/c1-2-21(19-8-10-20(26)11-9-19)24(29-25(32)33-16-17-6-4-3-5-7-17)22-14-30-23(28-22)12-18(15-31)13-27-30/h3-14,21,24,31H,2,15-16H2,1H3,(H,29,32)/t21-,24-/m0/s1. The van der Waals surface area contributed by atoms with Gasteiger partial charge >= 0.3 is 6.09 Å². The molecule has 8 heteroatoms. The molecule has 2 heterocycles. The van der Waals surface area contributed by atoms with Gasteiger partial charge in [-0.1, -0.05) is 49.4 Å². The van der Waals surface area contributed by atoms with E-state index in [1.165, 1.54) is 12.1 Å². The molecule has 0 saturated heterocycles. The van der Waals surface area contributed by atoms with E-state index in [-0.39, 0.29) is 24.9 Å². The predicted molar refractivity (Wildman–Crippen MR) is 121 cm³/mol. The van der Waals surface area contributed by atoms with Crippen LogP contribution in [0.3, 0.4) is 0 Å². The summed E-state index contributed by atoms with van der Waals surface area (Å²) in [5, 5.41) is 16.6. The van der Waals surface area contributed by atoms with Crippen molar-refractivity contribution in [1.29, 1.82) is 0 Å². The van der Waals surface area contributed by atoms with Crippen LogP contribution in [0, 0.1) is 5.82 Å². The lowest BCUT2D eigenvalue weighted by Crippen LogP contribution is -2.33. The van der Waals surface area contributed by atoms with Crippen molar-refractivity contribution in [2.24, 2.45) is 0 Å². The Hall–Kier alpha value is -3.78. The van der Waals surface area contributed by atoms with E-state index in [1.54, 1.807) is 35.1 Å². The van der Waals surface area contributed by atoms with Crippen LogP contribution in [-0.2, 0) is 18.0 Å². The first kappa shape index (κ1) is 22.4. The lowest BCUT2D eigenvalue weighted by Gasteiger charge is -2.26. The van der Waals surface area contributed by atoms with E-state index in [0.29, 0.717) is 23.3 Å². The maximum atomic E-state index is 13.5. The molecule has 2 N–H and O–H groups in total. The Kier molecular flexibility index (Phi) is 6.95. The van der Waals surface area contributed by atoms with Crippen molar-refractivity contribution in [1.82, 2.24) is 19.9 Å². The van der Waals surface area contributed by atoms with Crippen LogP contribution < -0.4 is 5.32 Å². The molecule has 0 saturated carbocycles. The first-order valence-corrected chi connectivity index (χ1v) is 10.7. The molecule has 0 unspecified atom stereocenters. The Morgan fingerprint density at radius 3 is 2.61 bits per heavy atom. The predicted octanol–water partition coefficient (Wildman–Crippen LogP) is 4.52. The third kappa shape index (κ3) is 5.35. The molecule has 2 atom stereocenters. The highest BCUT2D eigenvalue weighted by atomic mass is 19.1. The van der Waals surface area contributed by atoms with Crippen molar-refractivity contribution in [2.45, 2.75) is 38.5 Å². The zero-order valence-electron chi connectivity index (χ0n) is 18.2. The van der Waals surface area contributed by atoms with Gasteiger partial charge in [-0.2, -0.15) is 5.10 Å². The molecule has 0 aliphatic heterocycles. The number of halogens is 1. The van der Waals surface area contributed by atoms with Crippen LogP contribution in [-0.4, -0.2) is 25.8 Å². The van der Waals surface area contributed by atoms with E-state index >= 15 is 0 Å². The Morgan fingerprint density at radius 1 is 1.15 bits per heavy atom. The molecule has 7 nitrogen and oxygen atoms in total. The molecule has 33 heavy (non-hydrogen) atoms. The number of imidazole rings is 1. The highest BCUT2D eigenvalue weighted by Crippen LogP contribution is 2.33. The van der Waals surface area contributed by atoms with Gasteiger partial charge in [-0.05, 0) is 35.7 Å². The molecular formula is C25H25FN4O3. The van der Waals surface area contributed by atoms with Crippen LogP contribution in [0.25, 0.3) is 5.65 Å². The molecule has 4 rings (SSSR count). The number of carbonyl (C=O) groups is 1. The first-order valence-electron chi connectivity index (χ1n) is 10.7. The fourth-order valence-electron chi connectivity index (χ4n) is 3.82. The number of nitrogens with one attached hydrogen (secondary N) is 1. The number of nitrogens with zero attached hydrogens (tertiary/aromatic N) is 3. The Balaban J connectivity index is 1.63. The average Bonchev–Trinajstić information content (AvgIpc) is 3.27. The summed E-state index contributed by atoms with van der Waals surface area (Å²) in [6, 6.07) is 16.8. The van der Waals surface area contributed by atoms with Gasteiger partial charge in [0, 0.05) is 11.5 Å². The van der Waals surface area contributed by atoms with E-state index in [0.717, 1.165) is 11.1 Å². The Labute approximate surface area is 190 Å². The maximum Gasteiger partial charge on any atom is 0.408 e. The number of carbonyl (C=O) groups excluding carboxylic acids is 1. The zero-order chi connectivity index (χ0) is 23.2. The smallest absolute Gasteiger partial charge is 0.408 e. The van der Waals surface area contributed by atoms with Gasteiger partial charge in [0.15, 0.2) is 5.65 Å². The van der Waals surface area contributed by atoms with E-state index in [4.69, 9.17) is 4.74 Å². The highest BCUT2D eigenvalue weighted by molar-refractivity contribution is 5.68. The van der Waals surface area contributed by atoms with E-state index in [9.17, 15) is 14.3 Å². The molecule has 0 bridgehead atoms. The second-order valence-electron chi connectivity index (χ2n) is 7.74. The van der Waals surface area contributed by atoms with Gasteiger partial charge in [-0.15, -0.1) is 0 Å². The molecule has 0 fully saturated rings. The van der Waals surface area contributed by atoms with Gasteiger partial charge in [0.05, 0.1) is 30.7 Å². The lowest BCUT2D eigenvalue weighted by molar-refractivity contribution is 0.133. The number of rotatable bonds is 8. The molecule has 1 amide bonds. The van der Waals surface area contributed by atoms with Gasteiger partial charge in [-0.25, -0.2) is 18.7 Å². The third-order valence-electron chi connectivity index (χ3n) is 5.52. The summed E-state index contributed by atoms with van der Waals surface area (Å²) >= 11 is 0. The summed E-state index contributed by atoms with van der Waals surface area (Å²) in [7, 11) is 0. The van der Waals surface area contributed by atoms with Crippen LogP contribution in [0.4, 0.5) is 9.18 Å². The van der Waals surface area contributed by atoms with Crippen molar-refractivity contribution < 1.29 is 19.0 Å². The quantitative estimate of drug-likeness (QED) is 0.414. The van der Waals surface area contributed by atoms with E-state index in [1.807, 2.05) is 37.3 Å². The van der Waals surface area contributed by atoms with Gasteiger partial charge in [0.2, 0.25) is 0 Å². The Morgan fingerprint density at radius 2 is 1.91 bits per heavy atom. The van der Waals surface area contributed by atoms with Crippen molar-refractivity contribution >= 4 is 11.7 Å². The molecule has 2 aromatic carbocycles. The number of benzene rings is 2. The molecule has 0 aliphatic carbocycles. The number of hydrogen-bond acceptors (Lipinski definition) is 5. The molecule has 0 radical (unpaired) electrons. The molecular weight excluding hydrogens is 423 g/mol. The summed E-state index contributed by atoms with van der Waals surface area (Å²) in [5.74, 6) is -0.508. The maximum absolute atomic E-state index is 13.5. The molecule has 2 aromatic heterocycles. The van der Waals surface area contributed by atoms with E-state index in [2.05, 4.69) is 15.4 Å². The summed E-state index contributed by atoms with van der Waals surface area (Å²) in [6.45, 7) is 1.99. The van der Waals surface area contributed by atoms with Crippen LogP contribution in [0.15, 0.2) is 73.1 Å². The molecule has 0 aliphatic rings. The van der Waals surface area contributed by atoms with Crippen LogP contribution in [0.2, 0.25) is 0 Å². The van der Waals surface area contributed by atoms with Crippen LogP contribution in [0.5, 0.6) is 0 Å². The summed E-state index contributed by atoms with van der Waals surface area (Å²) < 4.78 is 20.6. The monoisotopic (exact) mass is 448 g/mol. The summed E-state index contributed by atoms with van der Waals surface area (Å²) in [6.07, 6.45) is 3.39. The first-order chi connectivity index (χ1) is 16.1. The average molecular weight is 448 g/mol. The van der Waals surface area contributed by atoms with Gasteiger partial charge < -0.3 is 15.2 Å². The van der Waals surface area contributed by atoms with Crippen LogP contribution >= 0.6 is 0 Å². The minimum atomic E-state index is -0.578. The van der Waals surface area contributed by atoms with Gasteiger partial charge in [-0.3, -0.25) is 0 Å². The third-order valence-corrected chi connectivity index (χ3v) is 5.52. The fourth-order valence-corrected chi connectivity index (χ4v) is 3.82. The lowest BCUT2D eigenvalue weighted by atomic mass is 9.87. The van der Waals surface area contributed by atoms with Crippen molar-refractivity contribution in [3.8, 4) is 0 Å². The Bertz CT molecular complexity index is 1210. The highest BCUT2D eigenvalue weighted by Gasteiger charge is 2.28. The largest absolute Gasteiger partial charge is 0.445 e. The van der Waals surface area contributed by atoms with Crippen molar-refractivity contribution in [3.05, 3.63) is 101 Å². The molecule has 0 spiro atoms.